The number of rotatable bonds is 6. The SMILES string of the molecule is OC1CCCCN1CCNCCN1CCCCC1O. The summed E-state index contributed by atoms with van der Waals surface area (Å²) in [5, 5.41) is 23.1. The molecule has 2 fully saturated rings. The van der Waals surface area contributed by atoms with Crippen molar-refractivity contribution in [2.75, 3.05) is 39.3 Å². The van der Waals surface area contributed by atoms with Crippen molar-refractivity contribution in [3.63, 3.8) is 0 Å². The third kappa shape index (κ3) is 5.00. The molecule has 5 heteroatoms. The number of nitrogens with zero attached hydrogens (tertiary/aromatic N) is 2. The second kappa shape index (κ2) is 8.17. The zero-order chi connectivity index (χ0) is 13.5. The summed E-state index contributed by atoms with van der Waals surface area (Å²) in [4.78, 5) is 4.32. The van der Waals surface area contributed by atoms with Crippen LogP contribution in [-0.4, -0.2) is 71.7 Å². The first-order valence-corrected chi connectivity index (χ1v) is 7.82. The van der Waals surface area contributed by atoms with Crippen LogP contribution in [0.1, 0.15) is 38.5 Å². The number of aliphatic hydroxyl groups is 2. The van der Waals surface area contributed by atoms with Crippen molar-refractivity contribution in [1.82, 2.24) is 15.1 Å². The molecule has 5 nitrogen and oxygen atoms in total. The third-order valence-electron chi connectivity index (χ3n) is 4.31. The van der Waals surface area contributed by atoms with E-state index < -0.39 is 0 Å². The number of hydrogen-bond donors (Lipinski definition) is 3. The predicted octanol–water partition coefficient (Wildman–Crippen LogP) is 0.185. The summed E-state index contributed by atoms with van der Waals surface area (Å²) in [6, 6.07) is 0. The molecule has 0 amide bonds. The van der Waals surface area contributed by atoms with Crippen LogP contribution in [0.15, 0.2) is 0 Å². The molecule has 0 bridgehead atoms. The Hall–Kier alpha value is -0.200. The Kier molecular flexibility index (Phi) is 6.53. The molecule has 0 aromatic rings. The molecule has 2 unspecified atom stereocenters. The van der Waals surface area contributed by atoms with Crippen molar-refractivity contribution in [1.29, 1.82) is 0 Å². The Morgan fingerprint density at radius 2 is 1.26 bits per heavy atom. The minimum absolute atomic E-state index is 0.237. The molecule has 112 valence electrons. The Morgan fingerprint density at radius 3 is 1.68 bits per heavy atom. The Balaban J connectivity index is 1.51. The van der Waals surface area contributed by atoms with Crippen molar-refractivity contribution in [2.45, 2.75) is 51.0 Å². The van der Waals surface area contributed by atoms with E-state index in [2.05, 4.69) is 15.1 Å². The molecule has 19 heavy (non-hydrogen) atoms. The largest absolute Gasteiger partial charge is 0.378 e. The monoisotopic (exact) mass is 271 g/mol. The van der Waals surface area contributed by atoms with Gasteiger partial charge in [-0.1, -0.05) is 0 Å². The first kappa shape index (κ1) is 15.2. The maximum absolute atomic E-state index is 9.82. The fourth-order valence-corrected chi connectivity index (χ4v) is 3.04. The molecule has 2 aliphatic heterocycles. The highest BCUT2D eigenvalue weighted by Gasteiger charge is 2.20. The second-order valence-electron chi connectivity index (χ2n) is 5.77. The van der Waals surface area contributed by atoms with E-state index in [1.54, 1.807) is 0 Å². The highest BCUT2D eigenvalue weighted by molar-refractivity contribution is 4.71. The lowest BCUT2D eigenvalue weighted by Crippen LogP contribution is -2.45. The summed E-state index contributed by atoms with van der Waals surface area (Å²) in [6.45, 7) is 5.72. The van der Waals surface area contributed by atoms with E-state index in [0.717, 1.165) is 65.0 Å². The van der Waals surface area contributed by atoms with Crippen molar-refractivity contribution < 1.29 is 10.2 Å². The highest BCUT2D eigenvalue weighted by atomic mass is 16.3. The first-order valence-electron chi connectivity index (χ1n) is 7.82. The molecule has 0 spiro atoms. The van der Waals surface area contributed by atoms with Crippen LogP contribution in [0.4, 0.5) is 0 Å². The van der Waals surface area contributed by atoms with Crippen LogP contribution in [0.25, 0.3) is 0 Å². The summed E-state index contributed by atoms with van der Waals surface area (Å²) in [5.74, 6) is 0. The van der Waals surface area contributed by atoms with Gasteiger partial charge in [0.2, 0.25) is 0 Å². The number of nitrogens with one attached hydrogen (secondary N) is 1. The predicted molar refractivity (Wildman–Crippen MR) is 75.7 cm³/mol. The number of piperidine rings is 2. The quantitative estimate of drug-likeness (QED) is 0.602. The van der Waals surface area contributed by atoms with Crippen LogP contribution in [0.3, 0.4) is 0 Å². The molecular weight excluding hydrogens is 242 g/mol. The topological polar surface area (TPSA) is 59.0 Å². The van der Waals surface area contributed by atoms with Crippen LogP contribution in [-0.2, 0) is 0 Å². The van der Waals surface area contributed by atoms with Crippen molar-refractivity contribution in [2.24, 2.45) is 0 Å². The van der Waals surface area contributed by atoms with Gasteiger partial charge in [-0.05, 0) is 38.5 Å². The molecule has 0 aromatic heterocycles. The smallest absolute Gasteiger partial charge is 0.107 e. The Morgan fingerprint density at radius 1 is 0.789 bits per heavy atom. The van der Waals surface area contributed by atoms with E-state index in [9.17, 15) is 10.2 Å². The standard InChI is InChI=1S/C14H29N3O2/c18-13-5-1-3-9-16(13)11-7-15-8-12-17-10-4-2-6-14(17)19/h13-15,18-19H,1-12H2. The average Bonchev–Trinajstić information content (AvgIpc) is 2.42. The zero-order valence-electron chi connectivity index (χ0n) is 11.9. The molecular formula is C14H29N3O2. The Bertz CT molecular complexity index is 229. The molecule has 0 aromatic carbocycles. The minimum atomic E-state index is -0.237. The molecule has 0 saturated carbocycles. The average molecular weight is 271 g/mol. The molecule has 3 N–H and O–H groups in total. The van der Waals surface area contributed by atoms with Crippen LogP contribution in [0, 0.1) is 0 Å². The summed E-state index contributed by atoms with van der Waals surface area (Å²) < 4.78 is 0. The highest BCUT2D eigenvalue weighted by Crippen LogP contribution is 2.14. The molecule has 2 heterocycles. The maximum atomic E-state index is 9.82. The zero-order valence-corrected chi connectivity index (χ0v) is 11.9. The van der Waals surface area contributed by atoms with Crippen LogP contribution < -0.4 is 5.32 Å². The number of hydrogen-bond acceptors (Lipinski definition) is 5. The van der Waals surface area contributed by atoms with Crippen LogP contribution >= 0.6 is 0 Å². The van der Waals surface area contributed by atoms with E-state index in [1.807, 2.05) is 0 Å². The molecule has 2 rings (SSSR count). The summed E-state index contributed by atoms with van der Waals surface area (Å²) in [5.41, 5.74) is 0. The normalized spacial score (nSPS) is 30.6. The van der Waals surface area contributed by atoms with E-state index >= 15 is 0 Å². The lowest BCUT2D eigenvalue weighted by molar-refractivity contribution is -0.0262. The van der Waals surface area contributed by atoms with Gasteiger partial charge in [0.15, 0.2) is 0 Å². The van der Waals surface area contributed by atoms with Gasteiger partial charge in [-0.2, -0.15) is 0 Å². The molecule has 2 atom stereocenters. The number of aliphatic hydroxyl groups excluding tert-OH is 2. The van der Waals surface area contributed by atoms with Gasteiger partial charge in [0.25, 0.3) is 0 Å². The Labute approximate surface area is 116 Å². The van der Waals surface area contributed by atoms with E-state index in [-0.39, 0.29) is 12.5 Å². The van der Waals surface area contributed by atoms with Gasteiger partial charge in [-0.3, -0.25) is 9.80 Å². The first-order chi connectivity index (χ1) is 9.27. The van der Waals surface area contributed by atoms with Gasteiger partial charge in [0, 0.05) is 39.3 Å². The van der Waals surface area contributed by atoms with Crippen molar-refractivity contribution in [3.05, 3.63) is 0 Å². The molecule has 2 saturated heterocycles. The van der Waals surface area contributed by atoms with E-state index in [1.165, 1.54) is 12.8 Å². The van der Waals surface area contributed by atoms with E-state index in [4.69, 9.17) is 0 Å². The lowest BCUT2D eigenvalue weighted by atomic mass is 10.1. The molecule has 0 aliphatic carbocycles. The van der Waals surface area contributed by atoms with Crippen LogP contribution in [0.5, 0.6) is 0 Å². The summed E-state index contributed by atoms with van der Waals surface area (Å²) >= 11 is 0. The molecule has 2 aliphatic rings. The maximum Gasteiger partial charge on any atom is 0.107 e. The lowest BCUT2D eigenvalue weighted by Gasteiger charge is -2.33. The fraction of sp³-hybridized carbons (Fsp3) is 1.00. The summed E-state index contributed by atoms with van der Waals surface area (Å²) in [6.07, 6.45) is 6.07. The van der Waals surface area contributed by atoms with Crippen molar-refractivity contribution >= 4 is 0 Å². The fourth-order valence-electron chi connectivity index (χ4n) is 3.04. The summed E-state index contributed by atoms with van der Waals surface area (Å²) in [7, 11) is 0. The van der Waals surface area contributed by atoms with Crippen LogP contribution in [0.2, 0.25) is 0 Å². The second-order valence-corrected chi connectivity index (χ2v) is 5.77. The van der Waals surface area contributed by atoms with Gasteiger partial charge in [0.1, 0.15) is 12.5 Å². The van der Waals surface area contributed by atoms with Gasteiger partial charge in [-0.15, -0.1) is 0 Å². The van der Waals surface area contributed by atoms with Gasteiger partial charge in [-0.25, -0.2) is 0 Å². The van der Waals surface area contributed by atoms with Gasteiger partial charge in [0.05, 0.1) is 0 Å². The third-order valence-corrected chi connectivity index (χ3v) is 4.31. The minimum Gasteiger partial charge on any atom is -0.378 e. The molecule has 0 radical (unpaired) electrons. The van der Waals surface area contributed by atoms with Gasteiger partial charge >= 0.3 is 0 Å². The van der Waals surface area contributed by atoms with Gasteiger partial charge < -0.3 is 15.5 Å². The number of likely N-dealkylation sites (tertiary alicyclic amines) is 2. The van der Waals surface area contributed by atoms with E-state index in [0.29, 0.717) is 0 Å². The van der Waals surface area contributed by atoms with Crippen molar-refractivity contribution in [3.8, 4) is 0 Å².